The average Bonchev–Trinajstić information content (AvgIpc) is 3.23. The van der Waals surface area contributed by atoms with Crippen LogP contribution in [0.5, 0.6) is 0 Å². The van der Waals surface area contributed by atoms with E-state index in [1.165, 1.54) is 140 Å². The minimum atomic E-state index is 0.998. The van der Waals surface area contributed by atoms with E-state index in [4.69, 9.17) is 0 Å². The zero-order chi connectivity index (χ0) is 24.1. The van der Waals surface area contributed by atoms with E-state index < -0.39 is 0 Å². The molecule has 2 aromatic rings. The zero-order valence-corrected chi connectivity index (χ0v) is 22.8. The maximum atomic E-state index is 2.56. The molecular weight excluding hydrogens is 412 g/mol. The molecule has 1 aromatic carbocycles. The SMILES string of the molecule is CCCCCCCCCCCCCCc1n(CCCCCCCC)cc[n+]1Cc1ccccc1. The van der Waals surface area contributed by atoms with Crippen LogP contribution in [0.3, 0.4) is 0 Å². The fraction of sp³-hybridized carbons (Fsp3) is 0.719. The first kappa shape index (κ1) is 28.7. The molecule has 0 amide bonds. The predicted octanol–water partition coefficient (Wildman–Crippen LogP) is 9.43. The number of hydrogen-bond donors (Lipinski definition) is 0. The Kier molecular flexibility index (Phi) is 16.6. The number of rotatable bonds is 22. The van der Waals surface area contributed by atoms with Gasteiger partial charge in [-0.2, -0.15) is 0 Å². The van der Waals surface area contributed by atoms with Gasteiger partial charge in [0.15, 0.2) is 0 Å². The van der Waals surface area contributed by atoms with Crippen LogP contribution in [0, 0.1) is 0 Å². The highest BCUT2D eigenvalue weighted by atomic mass is 15.1. The maximum absolute atomic E-state index is 2.56. The lowest BCUT2D eigenvalue weighted by atomic mass is 10.0. The molecule has 2 heteroatoms. The Morgan fingerprint density at radius 2 is 1.09 bits per heavy atom. The molecule has 0 saturated carbocycles. The van der Waals surface area contributed by atoms with Crippen molar-refractivity contribution in [1.29, 1.82) is 0 Å². The van der Waals surface area contributed by atoms with Crippen LogP contribution in [0.25, 0.3) is 0 Å². The fourth-order valence-corrected chi connectivity index (χ4v) is 5.10. The molecule has 0 bridgehead atoms. The summed E-state index contributed by atoms with van der Waals surface area (Å²) in [5, 5.41) is 0. The molecular formula is C32H55N2+. The standard InChI is InChI=1S/C32H55N2/c1-3-5-7-9-11-12-13-14-15-16-17-22-26-32-33(27-23-18-10-8-6-4-2)28-29-34(32)30-31-24-20-19-21-25-31/h19-21,24-25,28-29H,3-18,22-23,26-27,30H2,1-2H3/q+1. The van der Waals surface area contributed by atoms with E-state index in [0.717, 1.165) is 6.54 Å². The molecule has 0 atom stereocenters. The Morgan fingerprint density at radius 3 is 1.65 bits per heavy atom. The molecule has 0 radical (unpaired) electrons. The van der Waals surface area contributed by atoms with Crippen LogP contribution in [-0.4, -0.2) is 4.57 Å². The second kappa shape index (κ2) is 19.7. The van der Waals surface area contributed by atoms with Crippen LogP contribution < -0.4 is 4.57 Å². The lowest BCUT2D eigenvalue weighted by molar-refractivity contribution is -0.695. The summed E-state index contributed by atoms with van der Waals surface area (Å²) < 4.78 is 5.06. The highest BCUT2D eigenvalue weighted by Crippen LogP contribution is 2.14. The van der Waals surface area contributed by atoms with E-state index in [1.807, 2.05) is 0 Å². The van der Waals surface area contributed by atoms with Crippen molar-refractivity contribution in [2.24, 2.45) is 0 Å². The van der Waals surface area contributed by atoms with Crippen molar-refractivity contribution in [3.63, 3.8) is 0 Å². The summed E-state index contributed by atoms with van der Waals surface area (Å²) in [6, 6.07) is 10.9. The van der Waals surface area contributed by atoms with Gasteiger partial charge in [-0.25, -0.2) is 9.13 Å². The number of unbranched alkanes of at least 4 members (excludes halogenated alkanes) is 16. The Labute approximate surface area is 212 Å². The Morgan fingerprint density at radius 1 is 0.588 bits per heavy atom. The molecule has 0 N–H and O–H groups in total. The highest BCUT2D eigenvalue weighted by Gasteiger charge is 2.17. The van der Waals surface area contributed by atoms with Gasteiger partial charge < -0.3 is 0 Å². The molecule has 0 aliphatic rings. The molecule has 0 fully saturated rings. The maximum Gasteiger partial charge on any atom is 0.256 e. The smallest absolute Gasteiger partial charge is 0.234 e. The van der Waals surface area contributed by atoms with Gasteiger partial charge in [-0.05, 0) is 24.8 Å². The van der Waals surface area contributed by atoms with Gasteiger partial charge in [0.05, 0.1) is 6.54 Å². The normalized spacial score (nSPS) is 11.4. The van der Waals surface area contributed by atoms with Crippen molar-refractivity contribution >= 4 is 0 Å². The lowest BCUT2D eigenvalue weighted by Gasteiger charge is -2.07. The number of benzene rings is 1. The molecule has 2 nitrogen and oxygen atoms in total. The third-order valence-electron chi connectivity index (χ3n) is 7.29. The van der Waals surface area contributed by atoms with Crippen molar-refractivity contribution in [2.75, 3.05) is 0 Å². The van der Waals surface area contributed by atoms with Crippen LogP contribution in [0.2, 0.25) is 0 Å². The first-order valence-corrected chi connectivity index (χ1v) is 15.0. The second-order valence-corrected chi connectivity index (χ2v) is 10.4. The van der Waals surface area contributed by atoms with Crippen LogP contribution in [0.15, 0.2) is 42.7 Å². The first-order chi connectivity index (χ1) is 16.8. The Hall–Kier alpha value is -1.57. The van der Waals surface area contributed by atoms with Gasteiger partial charge in [-0.15, -0.1) is 0 Å². The van der Waals surface area contributed by atoms with Gasteiger partial charge in [-0.3, -0.25) is 0 Å². The molecule has 1 aromatic heterocycles. The minimum absolute atomic E-state index is 0.998. The predicted molar refractivity (Wildman–Crippen MR) is 148 cm³/mol. The number of hydrogen-bond acceptors (Lipinski definition) is 0. The molecule has 0 saturated heterocycles. The summed E-state index contributed by atoms with van der Waals surface area (Å²) in [4.78, 5) is 0. The van der Waals surface area contributed by atoms with Gasteiger partial charge in [0.2, 0.25) is 0 Å². The van der Waals surface area contributed by atoms with Crippen molar-refractivity contribution < 1.29 is 4.57 Å². The number of imidazole rings is 1. The van der Waals surface area contributed by atoms with Crippen LogP contribution in [0.4, 0.5) is 0 Å². The second-order valence-electron chi connectivity index (χ2n) is 10.4. The van der Waals surface area contributed by atoms with E-state index in [2.05, 4.69) is 65.7 Å². The average molecular weight is 468 g/mol. The number of nitrogens with zero attached hydrogens (tertiary/aromatic N) is 2. The van der Waals surface area contributed by atoms with Crippen LogP contribution in [0.1, 0.15) is 141 Å². The first-order valence-electron chi connectivity index (χ1n) is 15.0. The molecule has 0 aliphatic carbocycles. The van der Waals surface area contributed by atoms with E-state index in [1.54, 1.807) is 0 Å². The Balaban J connectivity index is 1.71. The van der Waals surface area contributed by atoms with E-state index in [9.17, 15) is 0 Å². The molecule has 0 aliphatic heterocycles. The molecule has 0 spiro atoms. The summed E-state index contributed by atoms with van der Waals surface area (Å²) >= 11 is 0. The van der Waals surface area contributed by atoms with Crippen LogP contribution >= 0.6 is 0 Å². The third-order valence-corrected chi connectivity index (χ3v) is 7.29. The third kappa shape index (κ3) is 12.8. The van der Waals surface area contributed by atoms with Gasteiger partial charge >= 0.3 is 0 Å². The van der Waals surface area contributed by atoms with Crippen molar-refractivity contribution in [3.8, 4) is 0 Å². The fourth-order valence-electron chi connectivity index (χ4n) is 5.10. The molecule has 2 rings (SSSR count). The van der Waals surface area contributed by atoms with Crippen LogP contribution in [-0.2, 0) is 19.5 Å². The van der Waals surface area contributed by atoms with Crippen molar-refractivity contribution in [2.45, 2.75) is 149 Å². The van der Waals surface area contributed by atoms with Gasteiger partial charge in [0.25, 0.3) is 5.82 Å². The largest absolute Gasteiger partial charge is 0.256 e. The molecule has 192 valence electrons. The van der Waals surface area contributed by atoms with E-state index in [0.29, 0.717) is 0 Å². The number of aryl methyl sites for hydroxylation is 1. The summed E-state index contributed by atoms with van der Waals surface area (Å²) in [5.74, 6) is 1.53. The van der Waals surface area contributed by atoms with E-state index in [-0.39, 0.29) is 0 Å². The van der Waals surface area contributed by atoms with Crippen molar-refractivity contribution in [1.82, 2.24) is 4.57 Å². The topological polar surface area (TPSA) is 8.81 Å². The van der Waals surface area contributed by atoms with Gasteiger partial charge in [0, 0.05) is 6.42 Å². The molecule has 1 heterocycles. The summed E-state index contributed by atoms with van der Waals surface area (Å²) in [6.45, 7) is 6.78. The summed E-state index contributed by atoms with van der Waals surface area (Å²) in [6.07, 6.45) is 31.1. The monoisotopic (exact) mass is 467 g/mol. The van der Waals surface area contributed by atoms with Crippen molar-refractivity contribution in [3.05, 3.63) is 54.1 Å². The Bertz CT molecular complexity index is 703. The van der Waals surface area contributed by atoms with Gasteiger partial charge in [-0.1, -0.05) is 140 Å². The minimum Gasteiger partial charge on any atom is -0.234 e. The summed E-state index contributed by atoms with van der Waals surface area (Å²) in [7, 11) is 0. The molecule has 0 unspecified atom stereocenters. The van der Waals surface area contributed by atoms with Gasteiger partial charge in [0.1, 0.15) is 18.9 Å². The quantitative estimate of drug-likeness (QED) is 0.120. The zero-order valence-electron chi connectivity index (χ0n) is 22.8. The van der Waals surface area contributed by atoms with E-state index >= 15 is 0 Å². The number of aromatic nitrogens is 2. The highest BCUT2D eigenvalue weighted by molar-refractivity contribution is 5.13. The molecule has 34 heavy (non-hydrogen) atoms. The lowest BCUT2D eigenvalue weighted by Crippen LogP contribution is -2.37. The summed E-state index contributed by atoms with van der Waals surface area (Å²) in [5.41, 5.74) is 1.40.